The zero-order valence-electron chi connectivity index (χ0n) is 18.5. The van der Waals surface area contributed by atoms with Crippen molar-refractivity contribution in [2.45, 2.75) is 44.6 Å². The number of carbonyl (C=O) groups excluding carboxylic acids is 2. The standard InChI is InChI=1S/C25H27F3N2O3/c1-29-24(31)17-6-7-22(28)18(11-17)10-15-2-4-16(5-3-15)25(32)30-23(8-9-33-30)19-12-20(26)14-21(27)13-19/h6-7,11-16,23H,2-5,8-10H2,1H3,(H,29,31)/t15?,16?,23-/m0/s1. The summed E-state index contributed by atoms with van der Waals surface area (Å²) in [6.07, 6.45) is 3.73. The molecule has 1 aliphatic carbocycles. The molecule has 0 spiro atoms. The Morgan fingerprint density at radius 1 is 1.00 bits per heavy atom. The van der Waals surface area contributed by atoms with Crippen LogP contribution in [0.15, 0.2) is 36.4 Å². The van der Waals surface area contributed by atoms with E-state index in [4.69, 9.17) is 4.84 Å². The fourth-order valence-electron chi connectivity index (χ4n) is 4.88. The lowest BCUT2D eigenvalue weighted by molar-refractivity contribution is -0.183. The molecule has 0 bridgehead atoms. The maximum absolute atomic E-state index is 14.3. The highest BCUT2D eigenvalue weighted by molar-refractivity contribution is 5.94. The Balaban J connectivity index is 1.38. The summed E-state index contributed by atoms with van der Waals surface area (Å²) in [5, 5.41) is 3.82. The van der Waals surface area contributed by atoms with Crippen LogP contribution in [0.3, 0.4) is 0 Å². The van der Waals surface area contributed by atoms with Crippen LogP contribution in [-0.4, -0.2) is 30.5 Å². The van der Waals surface area contributed by atoms with Gasteiger partial charge in [-0.2, -0.15) is 0 Å². The lowest BCUT2D eigenvalue weighted by Gasteiger charge is -2.32. The van der Waals surface area contributed by atoms with Gasteiger partial charge in [0.1, 0.15) is 17.5 Å². The Morgan fingerprint density at radius 3 is 2.36 bits per heavy atom. The number of amides is 2. The third-order valence-corrected chi connectivity index (χ3v) is 6.63. The zero-order chi connectivity index (χ0) is 23.5. The smallest absolute Gasteiger partial charge is 0.251 e. The van der Waals surface area contributed by atoms with E-state index in [2.05, 4.69) is 5.32 Å². The number of hydroxylamine groups is 2. The van der Waals surface area contributed by atoms with Gasteiger partial charge in [0, 0.05) is 31.0 Å². The van der Waals surface area contributed by atoms with Crippen molar-refractivity contribution in [2.75, 3.05) is 13.7 Å². The van der Waals surface area contributed by atoms with Crippen LogP contribution in [-0.2, 0) is 16.1 Å². The van der Waals surface area contributed by atoms with E-state index in [-0.39, 0.29) is 29.5 Å². The third-order valence-electron chi connectivity index (χ3n) is 6.63. The normalized spacial score (nSPS) is 22.9. The fraction of sp³-hybridized carbons (Fsp3) is 0.440. The quantitative estimate of drug-likeness (QED) is 0.703. The fourth-order valence-corrected chi connectivity index (χ4v) is 4.88. The highest BCUT2D eigenvalue weighted by Crippen LogP contribution is 2.37. The van der Waals surface area contributed by atoms with Crippen LogP contribution in [0, 0.1) is 29.3 Å². The second-order valence-electron chi connectivity index (χ2n) is 8.81. The largest absolute Gasteiger partial charge is 0.355 e. The number of rotatable bonds is 5. The van der Waals surface area contributed by atoms with Gasteiger partial charge in [-0.05, 0) is 79.5 Å². The van der Waals surface area contributed by atoms with Crippen molar-refractivity contribution in [3.8, 4) is 0 Å². The molecule has 2 amide bonds. The van der Waals surface area contributed by atoms with Gasteiger partial charge in [0.2, 0.25) is 5.91 Å². The molecule has 5 nitrogen and oxygen atoms in total. The molecule has 2 aromatic carbocycles. The molecule has 8 heteroatoms. The van der Waals surface area contributed by atoms with Crippen LogP contribution in [0.1, 0.15) is 59.6 Å². The van der Waals surface area contributed by atoms with Crippen LogP contribution in [0.25, 0.3) is 0 Å². The minimum absolute atomic E-state index is 0.173. The summed E-state index contributed by atoms with van der Waals surface area (Å²) in [6, 6.07) is 7.13. The number of nitrogens with one attached hydrogen (secondary N) is 1. The maximum atomic E-state index is 14.3. The van der Waals surface area contributed by atoms with Crippen molar-refractivity contribution < 1.29 is 27.6 Å². The van der Waals surface area contributed by atoms with Gasteiger partial charge in [-0.3, -0.25) is 14.4 Å². The molecule has 1 N–H and O–H groups in total. The molecule has 0 radical (unpaired) electrons. The highest BCUT2D eigenvalue weighted by atomic mass is 19.1. The average molecular weight is 460 g/mol. The van der Waals surface area contributed by atoms with Crippen molar-refractivity contribution in [1.82, 2.24) is 10.4 Å². The molecule has 0 unspecified atom stereocenters. The lowest BCUT2D eigenvalue weighted by Crippen LogP contribution is -2.36. The summed E-state index contributed by atoms with van der Waals surface area (Å²) in [7, 11) is 1.53. The van der Waals surface area contributed by atoms with E-state index < -0.39 is 17.7 Å². The van der Waals surface area contributed by atoms with Crippen molar-refractivity contribution in [1.29, 1.82) is 0 Å². The van der Waals surface area contributed by atoms with Crippen LogP contribution in [0.5, 0.6) is 0 Å². The SMILES string of the molecule is CNC(=O)c1ccc(F)c(CC2CCC(C(=O)N3OCC[C@H]3c3cc(F)cc(F)c3)CC2)c1. The van der Waals surface area contributed by atoms with Crippen molar-refractivity contribution in [3.05, 3.63) is 70.5 Å². The van der Waals surface area contributed by atoms with Gasteiger partial charge in [-0.15, -0.1) is 0 Å². The van der Waals surface area contributed by atoms with E-state index in [1.165, 1.54) is 36.4 Å². The molecule has 4 rings (SSSR count). The number of benzene rings is 2. The summed E-state index contributed by atoms with van der Waals surface area (Å²) >= 11 is 0. The predicted octanol–water partition coefficient (Wildman–Crippen LogP) is 4.72. The molecule has 2 fully saturated rings. The van der Waals surface area contributed by atoms with E-state index in [1.54, 1.807) is 6.07 Å². The second-order valence-corrected chi connectivity index (χ2v) is 8.81. The molecular formula is C25H27F3N2O3. The first-order valence-electron chi connectivity index (χ1n) is 11.3. The minimum atomic E-state index is -0.683. The van der Waals surface area contributed by atoms with E-state index in [0.717, 1.165) is 18.9 Å². The summed E-state index contributed by atoms with van der Waals surface area (Å²) in [4.78, 5) is 30.5. The van der Waals surface area contributed by atoms with Crippen LogP contribution in [0.2, 0.25) is 0 Å². The Hall–Kier alpha value is -2.87. The van der Waals surface area contributed by atoms with Crippen LogP contribution < -0.4 is 5.32 Å². The molecule has 1 atom stereocenters. The molecule has 1 aliphatic heterocycles. The highest BCUT2D eigenvalue weighted by Gasteiger charge is 2.37. The first-order valence-corrected chi connectivity index (χ1v) is 11.3. The van der Waals surface area contributed by atoms with Crippen LogP contribution in [0.4, 0.5) is 13.2 Å². The van der Waals surface area contributed by atoms with Gasteiger partial charge in [0.15, 0.2) is 0 Å². The van der Waals surface area contributed by atoms with E-state index in [9.17, 15) is 22.8 Å². The number of halogens is 3. The van der Waals surface area contributed by atoms with Crippen LogP contribution >= 0.6 is 0 Å². The van der Waals surface area contributed by atoms with Crippen molar-refractivity contribution in [2.24, 2.45) is 11.8 Å². The molecule has 2 aliphatic rings. The minimum Gasteiger partial charge on any atom is -0.355 e. The van der Waals surface area contributed by atoms with Gasteiger partial charge in [-0.25, -0.2) is 18.2 Å². The monoisotopic (exact) mass is 460 g/mol. The number of nitrogens with zero attached hydrogens (tertiary/aromatic N) is 1. The van der Waals surface area contributed by atoms with Gasteiger partial charge in [0.05, 0.1) is 12.6 Å². The Bertz CT molecular complexity index is 1020. The summed E-state index contributed by atoms with van der Waals surface area (Å²) < 4.78 is 41.6. The first kappa shape index (κ1) is 23.3. The van der Waals surface area contributed by atoms with Gasteiger partial charge in [-0.1, -0.05) is 0 Å². The second kappa shape index (κ2) is 9.95. The molecule has 1 saturated carbocycles. The van der Waals surface area contributed by atoms with E-state index in [1.807, 2.05) is 0 Å². The number of carbonyl (C=O) groups is 2. The van der Waals surface area contributed by atoms with E-state index >= 15 is 0 Å². The Labute approximate surface area is 190 Å². The van der Waals surface area contributed by atoms with Gasteiger partial charge in [0.25, 0.3) is 5.91 Å². The summed E-state index contributed by atoms with van der Waals surface area (Å²) in [6.45, 7) is 0.310. The zero-order valence-corrected chi connectivity index (χ0v) is 18.5. The molecule has 0 aromatic heterocycles. The summed E-state index contributed by atoms with van der Waals surface area (Å²) in [5.41, 5.74) is 1.31. The first-order chi connectivity index (χ1) is 15.9. The summed E-state index contributed by atoms with van der Waals surface area (Å²) in [5.74, 6) is -2.18. The molecule has 33 heavy (non-hydrogen) atoms. The maximum Gasteiger partial charge on any atom is 0.251 e. The van der Waals surface area contributed by atoms with Crippen molar-refractivity contribution >= 4 is 11.8 Å². The number of hydrogen-bond donors (Lipinski definition) is 1. The predicted molar refractivity (Wildman–Crippen MR) is 115 cm³/mol. The topological polar surface area (TPSA) is 58.6 Å². The Morgan fingerprint density at radius 2 is 1.70 bits per heavy atom. The molecule has 176 valence electrons. The lowest BCUT2D eigenvalue weighted by atomic mass is 9.78. The molecular weight excluding hydrogens is 433 g/mol. The number of hydrogen-bond acceptors (Lipinski definition) is 3. The average Bonchev–Trinajstić information content (AvgIpc) is 3.29. The molecule has 1 saturated heterocycles. The third kappa shape index (κ3) is 5.21. The van der Waals surface area contributed by atoms with E-state index in [0.29, 0.717) is 49.0 Å². The Kier molecular flexibility index (Phi) is 7.02. The van der Waals surface area contributed by atoms with Crippen molar-refractivity contribution in [3.63, 3.8) is 0 Å². The molecule has 1 heterocycles. The molecule has 2 aromatic rings. The van der Waals surface area contributed by atoms with Gasteiger partial charge >= 0.3 is 0 Å². The van der Waals surface area contributed by atoms with Gasteiger partial charge < -0.3 is 5.32 Å².